The van der Waals surface area contributed by atoms with Crippen LogP contribution < -0.4 is 10.5 Å². The fraction of sp³-hybridized carbons (Fsp3) is 0.143. The molecule has 0 radical (unpaired) electrons. The molecule has 17 heavy (non-hydrogen) atoms. The molecule has 2 aromatic rings. The third-order valence-corrected chi connectivity index (χ3v) is 2.52. The van der Waals surface area contributed by atoms with Gasteiger partial charge >= 0.3 is 0 Å². The van der Waals surface area contributed by atoms with Gasteiger partial charge in [-0.2, -0.15) is 0 Å². The van der Waals surface area contributed by atoms with Crippen molar-refractivity contribution in [2.75, 3.05) is 5.73 Å². The summed E-state index contributed by atoms with van der Waals surface area (Å²) in [5.74, 6) is 0.317. The van der Waals surface area contributed by atoms with Crippen LogP contribution in [0, 0.1) is 12.7 Å². The summed E-state index contributed by atoms with van der Waals surface area (Å²) < 4.78 is 19.1. The molecule has 2 rings (SSSR count). The fourth-order valence-electron chi connectivity index (χ4n) is 1.51. The van der Waals surface area contributed by atoms with Crippen LogP contribution in [0.1, 0.15) is 11.1 Å². The molecule has 0 atom stereocenters. The number of hydrogen-bond donors (Lipinski definition) is 1. The molecular weight excluding hydrogens is 217 g/mol. The largest absolute Gasteiger partial charge is 0.489 e. The summed E-state index contributed by atoms with van der Waals surface area (Å²) in [6.45, 7) is 2.18. The summed E-state index contributed by atoms with van der Waals surface area (Å²) in [6.07, 6.45) is 0. The maximum Gasteiger partial charge on any atom is 0.152 e. The van der Waals surface area contributed by atoms with Crippen molar-refractivity contribution in [2.24, 2.45) is 0 Å². The average Bonchev–Trinajstić information content (AvgIpc) is 2.33. The molecule has 0 saturated carbocycles. The zero-order valence-corrected chi connectivity index (χ0v) is 9.61. The minimum absolute atomic E-state index is 0.148. The molecule has 0 unspecified atom stereocenters. The monoisotopic (exact) mass is 231 g/mol. The number of ether oxygens (including phenoxy) is 1. The Morgan fingerprint density at radius 3 is 2.53 bits per heavy atom. The van der Waals surface area contributed by atoms with Gasteiger partial charge in [0.25, 0.3) is 0 Å². The Morgan fingerprint density at radius 1 is 1.12 bits per heavy atom. The van der Waals surface area contributed by atoms with Crippen molar-refractivity contribution in [2.45, 2.75) is 13.5 Å². The van der Waals surface area contributed by atoms with E-state index in [0.29, 0.717) is 5.56 Å². The first-order valence-corrected chi connectivity index (χ1v) is 5.39. The zero-order chi connectivity index (χ0) is 12.3. The highest BCUT2D eigenvalue weighted by Gasteiger charge is 2.05. The molecule has 3 heteroatoms. The average molecular weight is 231 g/mol. The molecule has 0 aliphatic rings. The lowest BCUT2D eigenvalue weighted by atomic mass is 10.2. The van der Waals surface area contributed by atoms with Gasteiger partial charge in [-0.05, 0) is 25.1 Å². The van der Waals surface area contributed by atoms with Crippen LogP contribution in [-0.2, 0) is 6.61 Å². The first kappa shape index (κ1) is 11.5. The number of nitrogen functional groups attached to an aromatic ring is 1. The number of rotatable bonds is 3. The summed E-state index contributed by atoms with van der Waals surface area (Å²) >= 11 is 0. The normalized spacial score (nSPS) is 10.2. The van der Waals surface area contributed by atoms with Crippen molar-refractivity contribution < 1.29 is 9.13 Å². The predicted molar refractivity (Wildman–Crippen MR) is 66.3 cm³/mol. The standard InChI is InChI=1S/C14H14FNO/c1-10-5-7-12(8-6-10)17-9-11-3-2-4-13(16)14(11)15/h2-8H,9,16H2,1H3. The van der Waals surface area contributed by atoms with E-state index in [1.807, 2.05) is 31.2 Å². The first-order chi connectivity index (χ1) is 8.16. The van der Waals surface area contributed by atoms with E-state index in [9.17, 15) is 4.39 Å². The van der Waals surface area contributed by atoms with Crippen LogP contribution in [0.5, 0.6) is 5.75 Å². The van der Waals surface area contributed by atoms with E-state index >= 15 is 0 Å². The quantitative estimate of drug-likeness (QED) is 0.822. The van der Waals surface area contributed by atoms with Gasteiger partial charge in [-0.3, -0.25) is 0 Å². The van der Waals surface area contributed by atoms with E-state index in [1.54, 1.807) is 12.1 Å². The van der Waals surface area contributed by atoms with Crippen LogP contribution in [0.25, 0.3) is 0 Å². The van der Waals surface area contributed by atoms with Crippen LogP contribution in [0.15, 0.2) is 42.5 Å². The van der Waals surface area contributed by atoms with E-state index in [1.165, 1.54) is 6.07 Å². The third kappa shape index (κ3) is 2.75. The van der Waals surface area contributed by atoms with Gasteiger partial charge in [0, 0.05) is 5.56 Å². The second kappa shape index (κ2) is 4.87. The van der Waals surface area contributed by atoms with E-state index in [2.05, 4.69) is 0 Å². The maximum atomic E-state index is 13.6. The molecule has 88 valence electrons. The molecular formula is C14H14FNO. The summed E-state index contributed by atoms with van der Waals surface area (Å²) in [7, 11) is 0. The Hall–Kier alpha value is -2.03. The molecule has 0 fully saturated rings. The molecule has 2 N–H and O–H groups in total. The molecule has 0 aromatic heterocycles. The van der Waals surface area contributed by atoms with E-state index in [-0.39, 0.29) is 12.3 Å². The molecule has 0 spiro atoms. The van der Waals surface area contributed by atoms with Crippen LogP contribution in [0.3, 0.4) is 0 Å². The van der Waals surface area contributed by atoms with Crippen molar-refractivity contribution in [1.29, 1.82) is 0 Å². The van der Waals surface area contributed by atoms with E-state index in [4.69, 9.17) is 10.5 Å². The SMILES string of the molecule is Cc1ccc(OCc2cccc(N)c2F)cc1. The van der Waals surface area contributed by atoms with Crippen molar-refractivity contribution in [3.63, 3.8) is 0 Å². The second-order valence-electron chi connectivity index (χ2n) is 3.92. The van der Waals surface area contributed by atoms with Crippen LogP contribution >= 0.6 is 0 Å². The number of anilines is 1. The lowest BCUT2D eigenvalue weighted by Crippen LogP contribution is -2.01. The van der Waals surface area contributed by atoms with Gasteiger partial charge in [0.15, 0.2) is 5.82 Å². The highest BCUT2D eigenvalue weighted by atomic mass is 19.1. The number of benzene rings is 2. The molecule has 0 aliphatic carbocycles. The fourth-order valence-corrected chi connectivity index (χ4v) is 1.51. The topological polar surface area (TPSA) is 35.2 Å². The lowest BCUT2D eigenvalue weighted by molar-refractivity contribution is 0.300. The Bertz CT molecular complexity index is 508. The zero-order valence-electron chi connectivity index (χ0n) is 9.61. The molecule has 0 bridgehead atoms. The molecule has 0 aliphatic heterocycles. The molecule has 0 amide bonds. The number of aryl methyl sites for hydroxylation is 1. The minimum atomic E-state index is -0.403. The van der Waals surface area contributed by atoms with Gasteiger partial charge < -0.3 is 10.5 Å². The maximum absolute atomic E-state index is 13.6. The van der Waals surface area contributed by atoms with Gasteiger partial charge in [0.2, 0.25) is 0 Å². The summed E-state index contributed by atoms with van der Waals surface area (Å²) in [4.78, 5) is 0. The Balaban J connectivity index is 2.07. The van der Waals surface area contributed by atoms with Gasteiger partial charge in [-0.15, -0.1) is 0 Å². The smallest absolute Gasteiger partial charge is 0.152 e. The predicted octanol–water partition coefficient (Wildman–Crippen LogP) is 3.30. The molecule has 2 nitrogen and oxygen atoms in total. The van der Waals surface area contributed by atoms with Gasteiger partial charge in [0.05, 0.1) is 5.69 Å². The van der Waals surface area contributed by atoms with Gasteiger partial charge in [-0.25, -0.2) is 4.39 Å². The minimum Gasteiger partial charge on any atom is -0.489 e. The Morgan fingerprint density at radius 2 is 1.82 bits per heavy atom. The second-order valence-corrected chi connectivity index (χ2v) is 3.92. The summed E-state index contributed by atoms with van der Waals surface area (Å²) in [6, 6.07) is 12.5. The van der Waals surface area contributed by atoms with Crippen molar-refractivity contribution in [1.82, 2.24) is 0 Å². The van der Waals surface area contributed by atoms with E-state index < -0.39 is 5.82 Å². The van der Waals surface area contributed by atoms with E-state index in [0.717, 1.165) is 11.3 Å². The highest BCUT2D eigenvalue weighted by Crippen LogP contribution is 2.18. The van der Waals surface area contributed by atoms with Gasteiger partial charge in [-0.1, -0.05) is 29.8 Å². The van der Waals surface area contributed by atoms with Crippen LogP contribution in [0.4, 0.5) is 10.1 Å². The molecule has 2 aromatic carbocycles. The molecule has 0 saturated heterocycles. The highest BCUT2D eigenvalue weighted by molar-refractivity contribution is 5.42. The van der Waals surface area contributed by atoms with Crippen molar-refractivity contribution in [3.8, 4) is 5.75 Å². The number of hydrogen-bond acceptors (Lipinski definition) is 2. The molecule has 0 heterocycles. The lowest BCUT2D eigenvalue weighted by Gasteiger charge is -2.08. The number of halogens is 1. The summed E-state index contributed by atoms with van der Waals surface area (Å²) in [5, 5.41) is 0. The number of nitrogens with two attached hydrogens (primary N) is 1. The third-order valence-electron chi connectivity index (χ3n) is 2.52. The summed E-state index contributed by atoms with van der Waals surface area (Å²) in [5.41, 5.74) is 7.25. The first-order valence-electron chi connectivity index (χ1n) is 5.39. The van der Waals surface area contributed by atoms with Crippen LogP contribution in [0.2, 0.25) is 0 Å². The Kier molecular flexibility index (Phi) is 3.28. The van der Waals surface area contributed by atoms with Crippen molar-refractivity contribution >= 4 is 5.69 Å². The van der Waals surface area contributed by atoms with Crippen molar-refractivity contribution in [3.05, 3.63) is 59.4 Å². The Labute approximate surface area is 99.8 Å². The van der Waals surface area contributed by atoms with Gasteiger partial charge in [0.1, 0.15) is 12.4 Å². The van der Waals surface area contributed by atoms with Crippen LogP contribution in [-0.4, -0.2) is 0 Å².